The van der Waals surface area contributed by atoms with Crippen LogP contribution in [-0.2, 0) is 11.2 Å². The fraction of sp³-hybridized carbons (Fsp3) is 0.167. The highest BCUT2D eigenvalue weighted by Gasteiger charge is 2.08. The van der Waals surface area contributed by atoms with Gasteiger partial charge >= 0.3 is 0 Å². The van der Waals surface area contributed by atoms with E-state index in [1.54, 1.807) is 18.2 Å². The van der Waals surface area contributed by atoms with Crippen LogP contribution in [0.2, 0.25) is 0 Å². The van der Waals surface area contributed by atoms with Crippen LogP contribution in [0.25, 0.3) is 10.9 Å². The molecule has 0 unspecified atom stereocenters. The number of fused-ring (bicyclic) bond motifs is 1. The topological polar surface area (TPSA) is 86.9 Å². The van der Waals surface area contributed by atoms with Gasteiger partial charge in [-0.1, -0.05) is 24.3 Å². The summed E-state index contributed by atoms with van der Waals surface area (Å²) in [6, 6.07) is 13.1. The number of aromatic nitrogens is 2. The van der Waals surface area contributed by atoms with Crippen LogP contribution in [0.15, 0.2) is 54.9 Å². The van der Waals surface area contributed by atoms with Crippen molar-refractivity contribution in [2.24, 2.45) is 0 Å². The number of carbonyl (C=O) groups is 2. The van der Waals surface area contributed by atoms with Gasteiger partial charge in [0.1, 0.15) is 5.69 Å². The molecule has 6 nitrogen and oxygen atoms in total. The zero-order chi connectivity index (χ0) is 16.8. The number of rotatable bonds is 5. The zero-order valence-electron chi connectivity index (χ0n) is 13.1. The highest BCUT2D eigenvalue weighted by Crippen LogP contribution is 2.19. The molecule has 0 radical (unpaired) electrons. The monoisotopic (exact) mass is 322 g/mol. The summed E-state index contributed by atoms with van der Waals surface area (Å²) in [4.78, 5) is 30.7. The molecular formula is C18H18N4O2. The number of aromatic amines is 1. The molecular weight excluding hydrogens is 304 g/mol. The van der Waals surface area contributed by atoms with Crippen molar-refractivity contribution in [3.05, 3.63) is 66.1 Å². The number of pyridine rings is 1. The maximum Gasteiger partial charge on any atom is 0.288 e. The van der Waals surface area contributed by atoms with Crippen LogP contribution >= 0.6 is 0 Å². The molecule has 0 spiro atoms. The molecule has 6 heteroatoms. The summed E-state index contributed by atoms with van der Waals surface area (Å²) in [6.45, 7) is 0. The van der Waals surface area contributed by atoms with Gasteiger partial charge in [0, 0.05) is 29.7 Å². The van der Waals surface area contributed by atoms with Crippen LogP contribution in [0, 0.1) is 0 Å². The minimum absolute atomic E-state index is 0.223. The number of para-hydroxylation sites is 1. The largest absolute Gasteiger partial charge is 0.361 e. The Labute approximate surface area is 139 Å². The molecule has 0 fully saturated rings. The van der Waals surface area contributed by atoms with E-state index in [4.69, 9.17) is 0 Å². The number of carbonyl (C=O) groups excluding carboxylic acids is 2. The van der Waals surface area contributed by atoms with Crippen molar-refractivity contribution in [2.45, 2.75) is 19.3 Å². The predicted octanol–water partition coefficient (Wildman–Crippen LogP) is 2.35. The second-order valence-electron chi connectivity index (χ2n) is 5.43. The first kappa shape index (κ1) is 15.7. The number of H-pyrrole nitrogens is 1. The van der Waals surface area contributed by atoms with E-state index in [-0.39, 0.29) is 11.6 Å². The van der Waals surface area contributed by atoms with Gasteiger partial charge in [0.15, 0.2) is 0 Å². The molecule has 0 aliphatic heterocycles. The molecule has 3 aromatic rings. The Morgan fingerprint density at radius 2 is 1.88 bits per heavy atom. The van der Waals surface area contributed by atoms with Crippen LogP contribution < -0.4 is 10.9 Å². The molecule has 0 aliphatic carbocycles. The minimum Gasteiger partial charge on any atom is -0.361 e. The van der Waals surface area contributed by atoms with E-state index < -0.39 is 5.91 Å². The molecule has 2 heterocycles. The molecule has 0 saturated heterocycles. The van der Waals surface area contributed by atoms with Gasteiger partial charge in [-0.15, -0.1) is 0 Å². The number of nitrogens with zero attached hydrogens (tertiary/aromatic N) is 1. The normalized spacial score (nSPS) is 10.5. The number of aryl methyl sites for hydroxylation is 1. The van der Waals surface area contributed by atoms with Gasteiger partial charge in [-0.3, -0.25) is 25.4 Å². The van der Waals surface area contributed by atoms with Gasteiger partial charge in [0.25, 0.3) is 5.91 Å². The molecule has 3 N–H and O–H groups in total. The third-order valence-corrected chi connectivity index (χ3v) is 3.74. The summed E-state index contributed by atoms with van der Waals surface area (Å²) in [5, 5.41) is 1.18. The van der Waals surface area contributed by atoms with E-state index in [2.05, 4.69) is 26.9 Å². The molecule has 0 aliphatic rings. The van der Waals surface area contributed by atoms with E-state index in [1.807, 2.05) is 24.4 Å². The molecule has 1 aromatic carbocycles. The smallest absolute Gasteiger partial charge is 0.288 e. The lowest BCUT2D eigenvalue weighted by molar-refractivity contribution is -0.121. The zero-order valence-corrected chi connectivity index (χ0v) is 13.1. The molecule has 3 rings (SSSR count). The Morgan fingerprint density at radius 3 is 2.71 bits per heavy atom. The van der Waals surface area contributed by atoms with Gasteiger partial charge < -0.3 is 4.98 Å². The lowest BCUT2D eigenvalue weighted by Crippen LogP contribution is -2.41. The van der Waals surface area contributed by atoms with Crippen LogP contribution in [-0.4, -0.2) is 21.8 Å². The first-order valence-electron chi connectivity index (χ1n) is 7.79. The summed E-state index contributed by atoms with van der Waals surface area (Å²) in [5.74, 6) is -0.653. The average molecular weight is 322 g/mol. The molecule has 24 heavy (non-hydrogen) atoms. The highest BCUT2D eigenvalue weighted by molar-refractivity contribution is 5.93. The molecule has 0 saturated carbocycles. The fourth-order valence-electron chi connectivity index (χ4n) is 2.53. The van der Waals surface area contributed by atoms with Gasteiger partial charge in [0.05, 0.1) is 0 Å². The van der Waals surface area contributed by atoms with E-state index in [0.29, 0.717) is 12.8 Å². The SMILES string of the molecule is O=C(CCCc1c[nH]c2ccccc12)NNC(=O)c1ccccn1. The van der Waals surface area contributed by atoms with Gasteiger partial charge in [-0.05, 0) is 36.6 Å². The second-order valence-corrected chi connectivity index (χ2v) is 5.43. The Balaban J connectivity index is 1.44. The van der Waals surface area contributed by atoms with Crippen LogP contribution in [0.3, 0.4) is 0 Å². The Kier molecular flexibility index (Phi) is 4.86. The fourth-order valence-corrected chi connectivity index (χ4v) is 2.53. The average Bonchev–Trinajstić information content (AvgIpc) is 3.04. The molecule has 122 valence electrons. The van der Waals surface area contributed by atoms with Crippen LogP contribution in [0.5, 0.6) is 0 Å². The van der Waals surface area contributed by atoms with Crippen molar-refractivity contribution in [1.82, 2.24) is 20.8 Å². The maximum absolute atomic E-state index is 11.8. The predicted molar refractivity (Wildman–Crippen MR) is 91.1 cm³/mol. The van der Waals surface area contributed by atoms with Gasteiger partial charge in [0.2, 0.25) is 5.91 Å². The van der Waals surface area contributed by atoms with Gasteiger partial charge in [-0.2, -0.15) is 0 Å². The highest BCUT2D eigenvalue weighted by atomic mass is 16.2. The van der Waals surface area contributed by atoms with Crippen molar-refractivity contribution in [2.75, 3.05) is 0 Å². The van der Waals surface area contributed by atoms with Crippen LogP contribution in [0.1, 0.15) is 28.9 Å². The number of hydrogen-bond acceptors (Lipinski definition) is 3. The van der Waals surface area contributed by atoms with Crippen molar-refractivity contribution >= 4 is 22.7 Å². The third kappa shape index (κ3) is 3.78. The standard InChI is InChI=1S/C18H18N4O2/c23-17(21-22-18(24)16-9-3-4-11-19-16)10-5-6-13-12-20-15-8-2-1-7-14(13)15/h1-4,7-9,11-12,20H,5-6,10H2,(H,21,23)(H,22,24). The van der Waals surface area contributed by atoms with Crippen molar-refractivity contribution < 1.29 is 9.59 Å². The van der Waals surface area contributed by atoms with Crippen molar-refractivity contribution in [1.29, 1.82) is 0 Å². The maximum atomic E-state index is 11.8. The van der Waals surface area contributed by atoms with E-state index in [1.165, 1.54) is 17.1 Å². The quantitative estimate of drug-likeness (QED) is 0.630. The summed E-state index contributed by atoms with van der Waals surface area (Å²) < 4.78 is 0. The second kappa shape index (κ2) is 7.41. The van der Waals surface area contributed by atoms with E-state index >= 15 is 0 Å². The Hall–Kier alpha value is -3.15. The Bertz CT molecular complexity index is 842. The van der Waals surface area contributed by atoms with Gasteiger partial charge in [-0.25, -0.2) is 0 Å². The van der Waals surface area contributed by atoms with Crippen molar-refractivity contribution in [3.8, 4) is 0 Å². The first-order valence-corrected chi connectivity index (χ1v) is 7.79. The number of benzene rings is 1. The number of hydrazine groups is 1. The van der Waals surface area contributed by atoms with Crippen molar-refractivity contribution in [3.63, 3.8) is 0 Å². The molecule has 0 atom stereocenters. The summed E-state index contributed by atoms with van der Waals surface area (Å²) >= 11 is 0. The molecule has 2 aromatic heterocycles. The lowest BCUT2D eigenvalue weighted by Gasteiger charge is -2.06. The number of amides is 2. The van der Waals surface area contributed by atoms with E-state index in [0.717, 1.165) is 11.9 Å². The Morgan fingerprint density at radius 1 is 1.04 bits per heavy atom. The summed E-state index contributed by atoms with van der Waals surface area (Å²) in [6.07, 6.45) is 5.34. The molecule has 0 bridgehead atoms. The summed E-state index contributed by atoms with van der Waals surface area (Å²) in [7, 11) is 0. The first-order chi connectivity index (χ1) is 11.7. The summed E-state index contributed by atoms with van der Waals surface area (Å²) in [5.41, 5.74) is 7.32. The minimum atomic E-state index is -0.430. The third-order valence-electron chi connectivity index (χ3n) is 3.74. The lowest BCUT2D eigenvalue weighted by atomic mass is 10.1. The number of hydrogen-bond donors (Lipinski definition) is 3. The van der Waals surface area contributed by atoms with Crippen LogP contribution in [0.4, 0.5) is 0 Å². The number of nitrogens with one attached hydrogen (secondary N) is 3. The molecule has 2 amide bonds. The van der Waals surface area contributed by atoms with E-state index in [9.17, 15) is 9.59 Å².